The molecule has 34 heavy (non-hydrogen) atoms. The lowest BCUT2D eigenvalue weighted by Crippen LogP contribution is -2.56. The molecule has 2 aromatic rings. The zero-order valence-electron chi connectivity index (χ0n) is 19.4. The normalized spacial score (nSPS) is 22.0. The van der Waals surface area contributed by atoms with Crippen molar-refractivity contribution < 1.29 is 9.59 Å². The van der Waals surface area contributed by atoms with Gasteiger partial charge in [0.15, 0.2) is 0 Å². The Bertz CT molecular complexity index is 1000. The molecule has 1 aromatic heterocycles. The summed E-state index contributed by atoms with van der Waals surface area (Å²) in [6, 6.07) is 11.7. The monoisotopic (exact) mass is 460 g/mol. The van der Waals surface area contributed by atoms with Gasteiger partial charge in [0.1, 0.15) is 17.3 Å². The summed E-state index contributed by atoms with van der Waals surface area (Å²) >= 11 is 0. The van der Waals surface area contributed by atoms with Crippen LogP contribution in [0, 0.1) is 17.2 Å². The van der Waals surface area contributed by atoms with Gasteiger partial charge >= 0.3 is 0 Å². The van der Waals surface area contributed by atoms with Crippen LogP contribution >= 0.6 is 0 Å². The first-order chi connectivity index (χ1) is 16.6. The molecule has 2 atom stereocenters. The summed E-state index contributed by atoms with van der Waals surface area (Å²) < 4.78 is 0. The number of nitrogens with zero attached hydrogens (tertiary/aromatic N) is 4. The second-order valence-corrected chi connectivity index (χ2v) is 9.49. The molecule has 2 fully saturated rings. The van der Waals surface area contributed by atoms with E-state index in [1.807, 2.05) is 18.2 Å². The highest BCUT2D eigenvalue weighted by Gasteiger charge is 2.41. The summed E-state index contributed by atoms with van der Waals surface area (Å²) in [6.45, 7) is 1.91. The number of aromatic nitrogens is 2. The van der Waals surface area contributed by atoms with Crippen LogP contribution in [0.25, 0.3) is 0 Å². The maximum atomic E-state index is 13.4. The number of carbonyl (C=O) groups excluding carboxylic acids is 2. The van der Waals surface area contributed by atoms with E-state index in [-0.39, 0.29) is 11.6 Å². The lowest BCUT2D eigenvalue weighted by atomic mass is 9.84. The van der Waals surface area contributed by atoms with Gasteiger partial charge in [-0.1, -0.05) is 62.4 Å². The quantitative estimate of drug-likeness (QED) is 0.627. The molecule has 2 unspecified atom stereocenters. The lowest BCUT2D eigenvalue weighted by molar-refractivity contribution is -0.124. The molecule has 2 amide bonds. The van der Waals surface area contributed by atoms with Crippen LogP contribution in [-0.4, -0.2) is 51.4 Å². The zero-order valence-corrected chi connectivity index (χ0v) is 19.4. The van der Waals surface area contributed by atoms with Gasteiger partial charge in [-0.05, 0) is 24.3 Å². The number of hydrogen-bond donors (Lipinski definition) is 2. The highest BCUT2D eigenvalue weighted by atomic mass is 16.2. The van der Waals surface area contributed by atoms with Crippen molar-refractivity contribution in [1.82, 2.24) is 25.5 Å². The number of carbonyl (C=O) groups is 2. The van der Waals surface area contributed by atoms with E-state index in [1.54, 1.807) is 0 Å². The predicted molar refractivity (Wildman–Crippen MR) is 127 cm³/mol. The maximum absolute atomic E-state index is 13.4. The van der Waals surface area contributed by atoms with Gasteiger partial charge in [-0.25, -0.2) is 4.98 Å². The zero-order chi connectivity index (χ0) is 23.8. The number of rotatable bonds is 8. The topological polar surface area (TPSA) is 111 Å². The summed E-state index contributed by atoms with van der Waals surface area (Å²) in [7, 11) is 0. The van der Waals surface area contributed by atoms with Crippen molar-refractivity contribution in [2.75, 3.05) is 13.1 Å². The first-order valence-corrected chi connectivity index (χ1v) is 12.1. The summed E-state index contributed by atoms with van der Waals surface area (Å²) in [5, 5.41) is 15.9. The second-order valence-electron chi connectivity index (χ2n) is 9.49. The molecule has 2 heterocycles. The Morgan fingerprint density at radius 1 is 1.18 bits per heavy atom. The molecule has 8 nitrogen and oxygen atoms in total. The molecule has 0 spiro atoms. The largest absolute Gasteiger partial charge is 0.339 e. The highest BCUT2D eigenvalue weighted by Crippen LogP contribution is 2.28. The van der Waals surface area contributed by atoms with Gasteiger partial charge in [-0.2, -0.15) is 5.26 Å². The average Bonchev–Trinajstić information content (AvgIpc) is 3.28. The van der Waals surface area contributed by atoms with Crippen LogP contribution < -0.4 is 10.6 Å². The molecule has 1 saturated heterocycles. The molecule has 1 aliphatic heterocycles. The van der Waals surface area contributed by atoms with E-state index in [1.165, 1.54) is 30.6 Å². The summed E-state index contributed by atoms with van der Waals surface area (Å²) in [5.74, 6) is -0.346. The minimum absolute atomic E-state index is 0.175. The maximum Gasteiger partial charge on any atom is 0.272 e. The van der Waals surface area contributed by atoms with E-state index in [9.17, 15) is 14.9 Å². The Balaban J connectivity index is 1.43. The van der Waals surface area contributed by atoms with Crippen molar-refractivity contribution in [3.05, 3.63) is 60.2 Å². The molecular formula is C26H32N6O2. The second kappa shape index (κ2) is 11.2. The molecule has 1 aliphatic carbocycles. The van der Waals surface area contributed by atoms with Crippen molar-refractivity contribution in [3.63, 3.8) is 0 Å². The Morgan fingerprint density at radius 2 is 1.97 bits per heavy atom. The molecule has 1 saturated carbocycles. The number of hydrogen-bond acceptors (Lipinski definition) is 6. The predicted octanol–water partition coefficient (Wildman–Crippen LogP) is 2.83. The van der Waals surface area contributed by atoms with Crippen molar-refractivity contribution >= 4 is 11.8 Å². The molecule has 8 heteroatoms. The summed E-state index contributed by atoms with van der Waals surface area (Å²) in [4.78, 5) is 36.4. The molecule has 0 radical (unpaired) electrons. The fourth-order valence-electron chi connectivity index (χ4n) is 5.05. The van der Waals surface area contributed by atoms with E-state index < -0.39 is 17.5 Å². The SMILES string of the molecule is N#CC1(NC(=O)C(CC2CCCCC2)NC(=O)c2cnccn2)CCN(Cc2ccccc2)C1. The van der Waals surface area contributed by atoms with Crippen LogP contribution in [0.15, 0.2) is 48.9 Å². The van der Waals surface area contributed by atoms with Gasteiger partial charge in [0, 0.05) is 32.0 Å². The third kappa shape index (κ3) is 6.17. The van der Waals surface area contributed by atoms with Crippen molar-refractivity contribution in [2.45, 2.75) is 63.1 Å². The van der Waals surface area contributed by atoms with Gasteiger partial charge in [-0.15, -0.1) is 0 Å². The van der Waals surface area contributed by atoms with E-state index >= 15 is 0 Å². The van der Waals surface area contributed by atoms with Gasteiger partial charge in [-0.3, -0.25) is 19.5 Å². The van der Waals surface area contributed by atoms with Gasteiger partial charge < -0.3 is 10.6 Å². The van der Waals surface area contributed by atoms with Crippen LogP contribution in [0.4, 0.5) is 0 Å². The fraction of sp³-hybridized carbons (Fsp3) is 0.500. The van der Waals surface area contributed by atoms with Crippen molar-refractivity contribution in [1.29, 1.82) is 5.26 Å². The minimum atomic E-state index is -0.964. The molecule has 0 bridgehead atoms. The third-order valence-electron chi connectivity index (χ3n) is 6.89. The molecule has 2 aliphatic rings. The smallest absolute Gasteiger partial charge is 0.272 e. The van der Waals surface area contributed by atoms with Gasteiger partial charge in [0.25, 0.3) is 5.91 Å². The third-order valence-corrected chi connectivity index (χ3v) is 6.89. The van der Waals surface area contributed by atoms with Crippen LogP contribution in [0.1, 0.15) is 61.0 Å². The Morgan fingerprint density at radius 3 is 2.68 bits per heavy atom. The fourth-order valence-corrected chi connectivity index (χ4v) is 5.05. The molecule has 2 N–H and O–H groups in total. The Kier molecular flexibility index (Phi) is 7.86. The average molecular weight is 461 g/mol. The van der Waals surface area contributed by atoms with Crippen LogP contribution in [-0.2, 0) is 11.3 Å². The van der Waals surface area contributed by atoms with E-state index in [4.69, 9.17) is 0 Å². The molecule has 4 rings (SSSR count). The van der Waals surface area contributed by atoms with E-state index in [0.29, 0.717) is 25.3 Å². The molecule has 178 valence electrons. The number of nitriles is 1. The lowest BCUT2D eigenvalue weighted by Gasteiger charge is -2.30. The Labute approximate surface area is 200 Å². The molecule has 1 aromatic carbocycles. The highest BCUT2D eigenvalue weighted by molar-refractivity contribution is 5.96. The van der Waals surface area contributed by atoms with Crippen LogP contribution in [0.5, 0.6) is 0 Å². The van der Waals surface area contributed by atoms with Crippen LogP contribution in [0.2, 0.25) is 0 Å². The van der Waals surface area contributed by atoms with Crippen molar-refractivity contribution in [3.8, 4) is 6.07 Å². The molecular weight excluding hydrogens is 428 g/mol. The number of nitrogens with one attached hydrogen (secondary N) is 2. The number of likely N-dealkylation sites (tertiary alicyclic amines) is 1. The Hall–Kier alpha value is -3.31. The van der Waals surface area contributed by atoms with E-state index in [0.717, 1.165) is 38.8 Å². The minimum Gasteiger partial charge on any atom is -0.339 e. The summed E-state index contributed by atoms with van der Waals surface area (Å²) in [5.41, 5.74) is 0.386. The van der Waals surface area contributed by atoms with Crippen LogP contribution in [0.3, 0.4) is 0 Å². The number of benzene rings is 1. The van der Waals surface area contributed by atoms with E-state index in [2.05, 4.69) is 43.7 Å². The van der Waals surface area contributed by atoms with Gasteiger partial charge in [0.2, 0.25) is 5.91 Å². The standard InChI is InChI=1S/C26H32N6O2/c27-18-26(11-14-32(19-26)17-21-9-5-2-6-10-21)31-25(34)22(15-20-7-3-1-4-8-20)30-24(33)23-16-28-12-13-29-23/h2,5-6,9-10,12-13,16,20,22H,1,3-4,7-8,11,14-15,17,19H2,(H,30,33)(H,31,34). The first kappa shape index (κ1) is 23.8. The van der Waals surface area contributed by atoms with Gasteiger partial charge in [0.05, 0.1) is 12.3 Å². The van der Waals surface area contributed by atoms with Crippen molar-refractivity contribution in [2.24, 2.45) is 5.92 Å². The first-order valence-electron chi connectivity index (χ1n) is 12.1. The summed E-state index contributed by atoms with van der Waals surface area (Å²) in [6.07, 6.45) is 11.1. The number of amides is 2.